The fourth-order valence-corrected chi connectivity index (χ4v) is 3.61. The first-order valence-corrected chi connectivity index (χ1v) is 10.8. The van der Waals surface area contributed by atoms with E-state index in [2.05, 4.69) is 15.5 Å². The van der Waals surface area contributed by atoms with Gasteiger partial charge >= 0.3 is 0 Å². The van der Waals surface area contributed by atoms with E-state index >= 15 is 0 Å². The van der Waals surface area contributed by atoms with Crippen molar-refractivity contribution in [2.45, 2.75) is 5.03 Å². The lowest BCUT2D eigenvalue weighted by atomic mass is 10.1. The van der Waals surface area contributed by atoms with E-state index in [9.17, 15) is 4.79 Å². The van der Waals surface area contributed by atoms with Gasteiger partial charge in [-0.1, -0.05) is 11.8 Å². The highest BCUT2D eigenvalue weighted by Crippen LogP contribution is 2.40. The zero-order valence-electron chi connectivity index (χ0n) is 19.0. The third-order valence-electron chi connectivity index (χ3n) is 4.59. The standard InChI is InChI=1S/C23H25N3O6S/c1-28-16-10-15(11-17(12-16)29-2)24-21(27)13-33-22-7-6-18(25-26-22)14-8-19(30-3)23(32-5)20(9-14)31-4/h6-12H,13H2,1-5H3,(H,24,27). The average Bonchev–Trinajstić information content (AvgIpc) is 2.86. The predicted octanol–water partition coefficient (Wildman–Crippen LogP) is 3.92. The topological polar surface area (TPSA) is 101 Å². The molecule has 174 valence electrons. The number of thioether (sulfide) groups is 1. The maximum Gasteiger partial charge on any atom is 0.234 e. The van der Waals surface area contributed by atoms with Crippen LogP contribution in [0.4, 0.5) is 5.69 Å². The average molecular weight is 472 g/mol. The molecule has 0 aliphatic rings. The molecule has 0 aliphatic carbocycles. The second kappa shape index (κ2) is 11.3. The van der Waals surface area contributed by atoms with E-state index in [1.165, 1.54) is 11.8 Å². The number of hydrogen-bond donors (Lipinski definition) is 1. The van der Waals surface area contributed by atoms with Gasteiger partial charge in [0, 0.05) is 29.4 Å². The molecule has 0 radical (unpaired) electrons. The maximum atomic E-state index is 12.4. The highest BCUT2D eigenvalue weighted by atomic mass is 32.2. The minimum Gasteiger partial charge on any atom is -0.497 e. The van der Waals surface area contributed by atoms with Gasteiger partial charge in [-0.2, -0.15) is 0 Å². The number of aromatic nitrogens is 2. The third kappa shape index (κ3) is 5.98. The number of amides is 1. The van der Waals surface area contributed by atoms with Gasteiger partial charge in [0.2, 0.25) is 11.7 Å². The Kier molecular flexibility index (Phi) is 8.20. The van der Waals surface area contributed by atoms with Crippen molar-refractivity contribution < 1.29 is 28.5 Å². The molecule has 0 aliphatic heterocycles. The molecule has 9 nitrogen and oxygen atoms in total. The highest BCUT2D eigenvalue weighted by Gasteiger charge is 2.15. The molecule has 0 bridgehead atoms. The Morgan fingerprint density at radius 1 is 0.818 bits per heavy atom. The molecule has 1 amide bonds. The lowest BCUT2D eigenvalue weighted by Crippen LogP contribution is -2.14. The van der Waals surface area contributed by atoms with Crippen LogP contribution in [0.5, 0.6) is 28.7 Å². The van der Waals surface area contributed by atoms with Crippen LogP contribution in [0.2, 0.25) is 0 Å². The minimum absolute atomic E-state index is 0.164. The molecule has 0 fully saturated rings. The molecule has 0 atom stereocenters. The number of carbonyl (C=O) groups excluding carboxylic acids is 1. The number of ether oxygens (including phenoxy) is 5. The number of hydrogen-bond acceptors (Lipinski definition) is 9. The second-order valence-corrected chi connectivity index (χ2v) is 7.60. The first-order valence-electron chi connectivity index (χ1n) is 9.81. The zero-order chi connectivity index (χ0) is 23.8. The van der Waals surface area contributed by atoms with E-state index < -0.39 is 0 Å². The first-order chi connectivity index (χ1) is 16.0. The van der Waals surface area contributed by atoms with Gasteiger partial charge in [-0.05, 0) is 24.3 Å². The molecule has 2 aromatic carbocycles. The fraction of sp³-hybridized carbons (Fsp3) is 0.261. The van der Waals surface area contributed by atoms with Crippen molar-refractivity contribution in [3.63, 3.8) is 0 Å². The van der Waals surface area contributed by atoms with Crippen molar-refractivity contribution in [3.05, 3.63) is 42.5 Å². The summed E-state index contributed by atoms with van der Waals surface area (Å²) in [7, 11) is 7.76. The highest BCUT2D eigenvalue weighted by molar-refractivity contribution is 7.99. The molecule has 0 saturated heterocycles. The lowest BCUT2D eigenvalue weighted by Gasteiger charge is -2.13. The van der Waals surface area contributed by atoms with E-state index in [0.29, 0.717) is 45.2 Å². The Morgan fingerprint density at radius 3 is 1.94 bits per heavy atom. The van der Waals surface area contributed by atoms with Gasteiger partial charge in [0.25, 0.3) is 0 Å². The Bertz CT molecular complexity index is 1060. The van der Waals surface area contributed by atoms with Gasteiger partial charge in [-0.15, -0.1) is 10.2 Å². The Hall–Kier alpha value is -3.66. The molecular weight excluding hydrogens is 446 g/mol. The van der Waals surface area contributed by atoms with Gasteiger partial charge in [-0.25, -0.2) is 0 Å². The van der Waals surface area contributed by atoms with Crippen molar-refractivity contribution in [2.24, 2.45) is 0 Å². The van der Waals surface area contributed by atoms with Gasteiger partial charge in [-0.3, -0.25) is 4.79 Å². The number of anilines is 1. The van der Waals surface area contributed by atoms with Crippen molar-refractivity contribution in [2.75, 3.05) is 46.6 Å². The minimum atomic E-state index is -0.189. The lowest BCUT2D eigenvalue weighted by molar-refractivity contribution is -0.113. The number of rotatable bonds is 10. The van der Waals surface area contributed by atoms with Crippen molar-refractivity contribution >= 4 is 23.4 Å². The van der Waals surface area contributed by atoms with Crippen LogP contribution >= 0.6 is 11.8 Å². The Balaban J connectivity index is 1.66. The van der Waals surface area contributed by atoms with Crippen molar-refractivity contribution in [1.82, 2.24) is 10.2 Å². The fourth-order valence-electron chi connectivity index (χ4n) is 3.00. The number of nitrogens with one attached hydrogen (secondary N) is 1. The Morgan fingerprint density at radius 2 is 1.45 bits per heavy atom. The summed E-state index contributed by atoms with van der Waals surface area (Å²) in [5.41, 5.74) is 1.98. The summed E-state index contributed by atoms with van der Waals surface area (Å²) in [6, 6.07) is 12.4. The normalized spacial score (nSPS) is 10.3. The molecule has 0 saturated carbocycles. The van der Waals surface area contributed by atoms with E-state index in [1.807, 2.05) is 6.07 Å². The first kappa shape index (κ1) is 24.0. The molecule has 1 heterocycles. The van der Waals surface area contributed by atoms with Crippen molar-refractivity contribution in [3.8, 4) is 40.0 Å². The summed E-state index contributed by atoms with van der Waals surface area (Å²) in [5, 5.41) is 11.9. The molecule has 0 unspecified atom stereocenters. The smallest absolute Gasteiger partial charge is 0.234 e. The molecule has 10 heteroatoms. The number of benzene rings is 2. The van der Waals surface area contributed by atoms with Gasteiger partial charge in [0.15, 0.2) is 11.5 Å². The molecule has 0 spiro atoms. The van der Waals surface area contributed by atoms with Crippen LogP contribution in [0.1, 0.15) is 0 Å². The van der Waals surface area contributed by atoms with Crippen LogP contribution in [0, 0.1) is 0 Å². The van der Waals surface area contributed by atoms with Gasteiger partial charge < -0.3 is 29.0 Å². The predicted molar refractivity (Wildman–Crippen MR) is 126 cm³/mol. The third-order valence-corrected chi connectivity index (χ3v) is 5.51. The summed E-state index contributed by atoms with van der Waals surface area (Å²) >= 11 is 1.28. The van der Waals surface area contributed by atoms with Crippen molar-refractivity contribution in [1.29, 1.82) is 0 Å². The van der Waals surface area contributed by atoms with Gasteiger partial charge in [0.1, 0.15) is 16.5 Å². The largest absolute Gasteiger partial charge is 0.497 e. The molecule has 3 rings (SSSR count). The van der Waals surface area contributed by atoms with E-state index in [4.69, 9.17) is 23.7 Å². The number of methoxy groups -OCH3 is 5. The monoisotopic (exact) mass is 471 g/mol. The number of nitrogens with zero attached hydrogens (tertiary/aromatic N) is 2. The van der Waals surface area contributed by atoms with E-state index in [1.54, 1.807) is 71.9 Å². The molecule has 1 N–H and O–H groups in total. The maximum absolute atomic E-state index is 12.4. The summed E-state index contributed by atoms with van der Waals surface area (Å²) in [5.74, 6) is 2.71. The van der Waals surface area contributed by atoms with E-state index in [-0.39, 0.29) is 11.7 Å². The molecule has 33 heavy (non-hydrogen) atoms. The van der Waals surface area contributed by atoms with Crippen LogP contribution in [0.15, 0.2) is 47.5 Å². The summed E-state index contributed by atoms with van der Waals surface area (Å²) in [6.45, 7) is 0. The Labute approximate surface area is 196 Å². The van der Waals surface area contributed by atoms with Gasteiger partial charge in [0.05, 0.1) is 47.0 Å². The zero-order valence-corrected chi connectivity index (χ0v) is 19.8. The van der Waals surface area contributed by atoms with Crippen LogP contribution in [-0.4, -0.2) is 57.4 Å². The summed E-state index contributed by atoms with van der Waals surface area (Å²) < 4.78 is 26.6. The quantitative estimate of drug-likeness (QED) is 0.441. The van der Waals surface area contributed by atoms with E-state index in [0.717, 1.165) is 5.56 Å². The molecule has 3 aromatic rings. The summed E-state index contributed by atoms with van der Waals surface area (Å²) in [6.07, 6.45) is 0. The van der Waals surface area contributed by atoms with Crippen LogP contribution in [0.3, 0.4) is 0 Å². The molecular formula is C23H25N3O6S. The summed E-state index contributed by atoms with van der Waals surface area (Å²) in [4.78, 5) is 12.4. The van der Waals surface area contributed by atoms with Crippen LogP contribution in [0.25, 0.3) is 11.3 Å². The van der Waals surface area contributed by atoms with Crippen LogP contribution in [-0.2, 0) is 4.79 Å². The van der Waals surface area contributed by atoms with Crippen LogP contribution < -0.4 is 29.0 Å². The second-order valence-electron chi connectivity index (χ2n) is 6.61. The SMILES string of the molecule is COc1cc(NC(=O)CSc2ccc(-c3cc(OC)c(OC)c(OC)c3)nn2)cc(OC)c1. The molecule has 1 aromatic heterocycles. The number of carbonyl (C=O) groups is 1.